The summed E-state index contributed by atoms with van der Waals surface area (Å²) in [5.74, 6) is -0.486. The zero-order valence-electron chi connectivity index (χ0n) is 15.2. The molecule has 1 aliphatic rings. The highest BCUT2D eigenvalue weighted by Crippen LogP contribution is 2.30. The summed E-state index contributed by atoms with van der Waals surface area (Å²) in [4.78, 5) is 14.7. The maximum Gasteiger partial charge on any atom is 0.254 e. The number of anilines is 1. The third-order valence-electron chi connectivity index (χ3n) is 4.35. The summed E-state index contributed by atoms with van der Waals surface area (Å²) in [7, 11) is -3.42. The van der Waals surface area contributed by atoms with Gasteiger partial charge in [-0.25, -0.2) is 12.8 Å². The van der Waals surface area contributed by atoms with Crippen molar-refractivity contribution < 1.29 is 17.6 Å². The van der Waals surface area contributed by atoms with E-state index in [2.05, 4.69) is 4.72 Å². The second-order valence-corrected chi connectivity index (χ2v) is 8.64. The van der Waals surface area contributed by atoms with Gasteiger partial charge in [0, 0.05) is 23.8 Å². The van der Waals surface area contributed by atoms with Crippen LogP contribution in [0.3, 0.4) is 0 Å². The van der Waals surface area contributed by atoms with Crippen molar-refractivity contribution in [1.82, 2.24) is 4.90 Å². The van der Waals surface area contributed by atoms with E-state index in [-0.39, 0.29) is 23.5 Å². The molecule has 0 saturated heterocycles. The molecule has 1 amide bonds. The van der Waals surface area contributed by atoms with Crippen LogP contribution in [0, 0.1) is 5.82 Å². The van der Waals surface area contributed by atoms with Crippen molar-refractivity contribution in [3.05, 3.63) is 65.5 Å². The molecule has 0 aromatic heterocycles. The number of carbonyl (C=O) groups excluding carboxylic acids is 1. The van der Waals surface area contributed by atoms with Gasteiger partial charge in [-0.2, -0.15) is 0 Å². The van der Waals surface area contributed by atoms with Crippen LogP contribution in [0.2, 0.25) is 0 Å². The van der Waals surface area contributed by atoms with E-state index < -0.39 is 10.0 Å². The molecule has 0 heterocycles. The normalized spacial score (nSPS) is 14.0. The van der Waals surface area contributed by atoms with Crippen molar-refractivity contribution >= 4 is 21.6 Å². The number of hydrogen-bond acceptors (Lipinski definition) is 3. The van der Waals surface area contributed by atoms with Crippen molar-refractivity contribution in [1.29, 1.82) is 0 Å². The molecule has 2 aromatic rings. The zero-order chi connectivity index (χ0) is 19.4. The van der Waals surface area contributed by atoms with Gasteiger partial charge in [-0.05, 0) is 55.2 Å². The average Bonchev–Trinajstić information content (AvgIpc) is 3.44. The van der Waals surface area contributed by atoms with Crippen molar-refractivity contribution in [3.8, 4) is 0 Å². The summed E-state index contributed by atoms with van der Waals surface area (Å²) >= 11 is 0. The van der Waals surface area contributed by atoms with Gasteiger partial charge in [-0.3, -0.25) is 9.52 Å². The lowest BCUT2D eigenvalue weighted by atomic mass is 10.1. The molecule has 5 nitrogen and oxygen atoms in total. The van der Waals surface area contributed by atoms with E-state index in [9.17, 15) is 17.6 Å². The summed E-state index contributed by atoms with van der Waals surface area (Å²) in [6, 6.07) is 12.9. The van der Waals surface area contributed by atoms with Crippen LogP contribution in [0.4, 0.5) is 10.1 Å². The maximum atomic E-state index is 13.5. The molecule has 0 radical (unpaired) electrons. The van der Waals surface area contributed by atoms with E-state index in [1.165, 1.54) is 12.1 Å². The molecule has 27 heavy (non-hydrogen) atoms. The van der Waals surface area contributed by atoms with Gasteiger partial charge in [0.15, 0.2) is 0 Å². The van der Waals surface area contributed by atoms with Crippen LogP contribution < -0.4 is 4.72 Å². The lowest BCUT2D eigenvalue weighted by molar-refractivity contribution is 0.0729. The molecule has 1 saturated carbocycles. The molecule has 1 fully saturated rings. The van der Waals surface area contributed by atoms with E-state index in [1.807, 2.05) is 0 Å². The van der Waals surface area contributed by atoms with Gasteiger partial charge in [0.2, 0.25) is 10.0 Å². The smallest absolute Gasteiger partial charge is 0.254 e. The van der Waals surface area contributed by atoms with Gasteiger partial charge >= 0.3 is 0 Å². The number of sulfonamides is 1. The monoisotopic (exact) mass is 390 g/mol. The second-order valence-electron chi connectivity index (χ2n) is 6.80. The molecular weight excluding hydrogens is 367 g/mol. The fraction of sp³-hybridized carbons (Fsp3) is 0.350. The molecule has 0 bridgehead atoms. The van der Waals surface area contributed by atoms with Gasteiger partial charge in [-0.1, -0.05) is 25.1 Å². The van der Waals surface area contributed by atoms with E-state index in [0.717, 1.165) is 18.4 Å². The summed E-state index contributed by atoms with van der Waals surface area (Å²) in [5, 5.41) is 0. The number of hydrogen-bond donors (Lipinski definition) is 1. The van der Waals surface area contributed by atoms with Crippen LogP contribution in [0.5, 0.6) is 0 Å². The predicted octanol–water partition coefficient (Wildman–Crippen LogP) is 3.78. The van der Waals surface area contributed by atoms with Gasteiger partial charge in [0.05, 0.1) is 5.75 Å². The molecular formula is C20H23FN2O3S. The van der Waals surface area contributed by atoms with E-state index in [1.54, 1.807) is 48.2 Å². The first-order valence-corrected chi connectivity index (χ1v) is 10.7. The molecule has 144 valence electrons. The van der Waals surface area contributed by atoms with Crippen molar-refractivity contribution in [3.63, 3.8) is 0 Å². The van der Waals surface area contributed by atoms with E-state index >= 15 is 0 Å². The Kier molecular flexibility index (Phi) is 5.79. The first-order chi connectivity index (χ1) is 12.9. The van der Waals surface area contributed by atoms with Crippen LogP contribution in [0.1, 0.15) is 42.1 Å². The quantitative estimate of drug-likeness (QED) is 0.746. The Labute approximate surface area is 159 Å². The molecule has 3 rings (SSSR count). The van der Waals surface area contributed by atoms with Crippen LogP contribution in [0.15, 0.2) is 48.5 Å². The zero-order valence-corrected chi connectivity index (χ0v) is 16.0. The average molecular weight is 390 g/mol. The highest BCUT2D eigenvalue weighted by molar-refractivity contribution is 7.92. The molecule has 0 atom stereocenters. The lowest BCUT2D eigenvalue weighted by Gasteiger charge is -2.23. The van der Waals surface area contributed by atoms with Gasteiger partial charge in [-0.15, -0.1) is 0 Å². The Morgan fingerprint density at radius 2 is 1.93 bits per heavy atom. The van der Waals surface area contributed by atoms with Crippen LogP contribution in [-0.2, 0) is 16.6 Å². The minimum atomic E-state index is -3.42. The summed E-state index contributed by atoms with van der Waals surface area (Å²) in [5.41, 5.74) is 1.51. The summed E-state index contributed by atoms with van der Waals surface area (Å²) < 4.78 is 39.9. The van der Waals surface area contributed by atoms with Crippen LogP contribution in [-0.4, -0.2) is 31.0 Å². The highest BCUT2D eigenvalue weighted by atomic mass is 32.2. The topological polar surface area (TPSA) is 66.5 Å². The lowest BCUT2D eigenvalue weighted by Crippen LogP contribution is -2.32. The van der Waals surface area contributed by atoms with Gasteiger partial charge in [0.1, 0.15) is 5.82 Å². The van der Waals surface area contributed by atoms with Gasteiger partial charge < -0.3 is 4.90 Å². The fourth-order valence-electron chi connectivity index (χ4n) is 2.97. The molecule has 1 aliphatic carbocycles. The maximum absolute atomic E-state index is 13.5. The highest BCUT2D eigenvalue weighted by Gasteiger charge is 2.33. The number of amides is 1. The SMILES string of the molecule is CCCS(=O)(=O)Nc1cccc(C(=O)N(Cc2cccc(F)c2)C2CC2)c1. The number of nitrogens with zero attached hydrogens (tertiary/aromatic N) is 1. The standard InChI is InChI=1S/C20H23FN2O3S/c1-2-11-27(25,26)22-18-8-4-6-16(13-18)20(24)23(19-9-10-19)14-15-5-3-7-17(21)12-15/h3-8,12-13,19,22H,2,9-11,14H2,1H3. The third kappa shape index (κ3) is 5.29. The van der Waals surface area contributed by atoms with Crippen LogP contribution >= 0.6 is 0 Å². The number of halogens is 1. The number of nitrogens with one attached hydrogen (secondary N) is 1. The number of carbonyl (C=O) groups is 1. The Morgan fingerprint density at radius 1 is 1.19 bits per heavy atom. The van der Waals surface area contributed by atoms with Crippen molar-refractivity contribution in [2.45, 2.75) is 38.8 Å². The molecule has 7 heteroatoms. The summed E-state index contributed by atoms with van der Waals surface area (Å²) in [6.45, 7) is 2.12. The van der Waals surface area contributed by atoms with Gasteiger partial charge in [0.25, 0.3) is 5.91 Å². The van der Waals surface area contributed by atoms with E-state index in [0.29, 0.717) is 24.2 Å². The second kappa shape index (κ2) is 8.08. The molecule has 1 N–H and O–H groups in total. The fourth-order valence-corrected chi connectivity index (χ4v) is 4.09. The Hall–Kier alpha value is -2.41. The number of rotatable bonds is 8. The minimum Gasteiger partial charge on any atom is -0.331 e. The minimum absolute atomic E-state index is 0.0267. The first kappa shape index (κ1) is 19.4. The van der Waals surface area contributed by atoms with Crippen LogP contribution in [0.25, 0.3) is 0 Å². The largest absolute Gasteiger partial charge is 0.331 e. The van der Waals surface area contributed by atoms with Crippen molar-refractivity contribution in [2.24, 2.45) is 0 Å². The Balaban J connectivity index is 1.79. The Morgan fingerprint density at radius 3 is 2.59 bits per heavy atom. The Bertz CT molecular complexity index is 926. The van der Waals surface area contributed by atoms with Crippen molar-refractivity contribution in [2.75, 3.05) is 10.5 Å². The molecule has 0 spiro atoms. The van der Waals surface area contributed by atoms with E-state index in [4.69, 9.17) is 0 Å². The molecule has 2 aromatic carbocycles. The molecule has 0 unspecified atom stereocenters. The third-order valence-corrected chi connectivity index (χ3v) is 5.84. The molecule has 0 aliphatic heterocycles. The predicted molar refractivity (Wildman–Crippen MR) is 103 cm³/mol. The number of benzene rings is 2. The first-order valence-electron chi connectivity index (χ1n) is 9.04. The summed E-state index contributed by atoms with van der Waals surface area (Å²) in [6.07, 6.45) is 2.35.